The molecule has 86 valence electrons. The largest absolute Gasteiger partial charge is 0.393 e. The molecule has 0 aliphatic heterocycles. The molecule has 0 heterocycles. The third-order valence-electron chi connectivity index (χ3n) is 1.95. The number of rotatable bonds is 3. The van der Waals surface area contributed by atoms with Gasteiger partial charge in [0, 0.05) is 15.7 Å². The summed E-state index contributed by atoms with van der Waals surface area (Å²) in [7, 11) is 0. The van der Waals surface area contributed by atoms with Gasteiger partial charge in [0.25, 0.3) is 0 Å². The molecule has 0 aromatic heterocycles. The minimum Gasteiger partial charge on any atom is -0.393 e. The molecular formula is C10H10Cl2N2OS. The number of thiocarbonyl (C=S) groups is 1. The lowest BCUT2D eigenvalue weighted by Gasteiger charge is -2.11. The van der Waals surface area contributed by atoms with Crippen molar-refractivity contribution in [1.29, 1.82) is 0 Å². The molecule has 1 rings (SSSR count). The third kappa shape index (κ3) is 3.63. The van der Waals surface area contributed by atoms with E-state index in [9.17, 15) is 4.79 Å². The minimum absolute atomic E-state index is 0.144. The van der Waals surface area contributed by atoms with Gasteiger partial charge in [0.05, 0.1) is 10.9 Å². The first-order chi connectivity index (χ1) is 7.40. The summed E-state index contributed by atoms with van der Waals surface area (Å²) >= 11 is 16.3. The molecule has 3 nitrogen and oxygen atoms in total. The lowest BCUT2D eigenvalue weighted by Crippen LogP contribution is -2.30. The molecule has 1 unspecified atom stereocenters. The van der Waals surface area contributed by atoms with Gasteiger partial charge in [-0.15, -0.1) is 0 Å². The Hall–Kier alpha value is -0.840. The molecule has 0 spiro atoms. The van der Waals surface area contributed by atoms with Gasteiger partial charge in [0.2, 0.25) is 5.91 Å². The van der Waals surface area contributed by atoms with Gasteiger partial charge in [-0.1, -0.05) is 35.4 Å². The van der Waals surface area contributed by atoms with Crippen molar-refractivity contribution in [1.82, 2.24) is 0 Å². The average molecular weight is 277 g/mol. The van der Waals surface area contributed by atoms with Crippen LogP contribution in [0.5, 0.6) is 0 Å². The lowest BCUT2D eigenvalue weighted by molar-refractivity contribution is -0.117. The summed E-state index contributed by atoms with van der Waals surface area (Å²) in [4.78, 5) is 11.8. The van der Waals surface area contributed by atoms with Gasteiger partial charge in [-0.05, 0) is 25.1 Å². The Morgan fingerprint density at radius 3 is 2.31 bits per heavy atom. The first-order valence-corrected chi connectivity index (χ1v) is 5.63. The van der Waals surface area contributed by atoms with Crippen molar-refractivity contribution < 1.29 is 4.79 Å². The van der Waals surface area contributed by atoms with Crippen LogP contribution in [-0.4, -0.2) is 10.9 Å². The monoisotopic (exact) mass is 276 g/mol. The molecule has 0 bridgehead atoms. The molecule has 0 radical (unpaired) electrons. The quantitative estimate of drug-likeness (QED) is 0.835. The summed E-state index contributed by atoms with van der Waals surface area (Å²) in [5.74, 6) is -0.821. The van der Waals surface area contributed by atoms with Gasteiger partial charge in [0.15, 0.2) is 0 Å². The van der Waals surface area contributed by atoms with Crippen molar-refractivity contribution in [2.24, 2.45) is 11.7 Å². The molecule has 0 fully saturated rings. The predicted molar refractivity (Wildman–Crippen MR) is 71.0 cm³/mol. The molecular weight excluding hydrogens is 267 g/mol. The number of anilines is 1. The van der Waals surface area contributed by atoms with Gasteiger partial charge >= 0.3 is 0 Å². The number of hydrogen-bond acceptors (Lipinski definition) is 2. The van der Waals surface area contributed by atoms with Crippen molar-refractivity contribution in [2.45, 2.75) is 6.92 Å². The van der Waals surface area contributed by atoms with E-state index in [-0.39, 0.29) is 10.9 Å². The highest BCUT2D eigenvalue weighted by atomic mass is 35.5. The third-order valence-corrected chi connectivity index (χ3v) is 2.74. The second-order valence-corrected chi connectivity index (χ2v) is 4.62. The maximum Gasteiger partial charge on any atom is 0.234 e. The standard InChI is InChI=1S/C10H10Cl2N2OS/c1-5(9(13)16)10(15)14-8-3-6(11)2-7(12)4-8/h2-5H,1H3,(H2,13,16)(H,14,15). The van der Waals surface area contributed by atoms with Gasteiger partial charge < -0.3 is 11.1 Å². The fourth-order valence-corrected chi connectivity index (χ4v) is 1.64. The Kier molecular flexibility index (Phi) is 4.53. The van der Waals surface area contributed by atoms with Crippen molar-refractivity contribution >= 4 is 52.0 Å². The predicted octanol–water partition coefficient (Wildman–Crippen LogP) is 2.85. The van der Waals surface area contributed by atoms with Crippen LogP contribution in [0, 0.1) is 5.92 Å². The number of halogens is 2. The molecule has 0 aliphatic rings. The van der Waals surface area contributed by atoms with Crippen LogP contribution in [0.3, 0.4) is 0 Å². The normalized spacial score (nSPS) is 11.9. The Labute approximate surface area is 109 Å². The number of carbonyl (C=O) groups excluding carboxylic acids is 1. The second-order valence-electron chi connectivity index (χ2n) is 3.27. The SMILES string of the molecule is CC(C(=O)Nc1cc(Cl)cc(Cl)c1)C(N)=S. The van der Waals surface area contributed by atoms with Crippen LogP contribution in [0.4, 0.5) is 5.69 Å². The van der Waals surface area contributed by atoms with Crippen LogP contribution in [0.15, 0.2) is 18.2 Å². The number of hydrogen-bond donors (Lipinski definition) is 2. The molecule has 1 aromatic carbocycles. The van der Waals surface area contributed by atoms with Crippen LogP contribution in [0.1, 0.15) is 6.92 Å². The molecule has 1 atom stereocenters. The van der Waals surface area contributed by atoms with Gasteiger partial charge in [-0.25, -0.2) is 0 Å². The van der Waals surface area contributed by atoms with Gasteiger partial charge in [-0.2, -0.15) is 0 Å². The smallest absolute Gasteiger partial charge is 0.234 e. The van der Waals surface area contributed by atoms with E-state index in [1.807, 2.05) is 0 Å². The average Bonchev–Trinajstić information content (AvgIpc) is 2.14. The Morgan fingerprint density at radius 1 is 1.38 bits per heavy atom. The molecule has 16 heavy (non-hydrogen) atoms. The van der Waals surface area contributed by atoms with Crippen LogP contribution in [0.25, 0.3) is 0 Å². The first kappa shape index (κ1) is 13.2. The number of benzene rings is 1. The summed E-state index contributed by atoms with van der Waals surface area (Å²) in [6.07, 6.45) is 0. The fraction of sp³-hybridized carbons (Fsp3) is 0.200. The van der Waals surface area contributed by atoms with Crippen LogP contribution in [0.2, 0.25) is 10.0 Å². The molecule has 1 amide bonds. The lowest BCUT2D eigenvalue weighted by atomic mass is 10.1. The van der Waals surface area contributed by atoms with E-state index in [4.69, 9.17) is 41.2 Å². The Balaban J connectivity index is 2.81. The first-order valence-electron chi connectivity index (χ1n) is 4.46. The van der Waals surface area contributed by atoms with Crippen LogP contribution >= 0.6 is 35.4 Å². The van der Waals surface area contributed by atoms with E-state index in [1.54, 1.807) is 25.1 Å². The van der Waals surface area contributed by atoms with Gasteiger partial charge in [0.1, 0.15) is 0 Å². The summed E-state index contributed by atoms with van der Waals surface area (Å²) < 4.78 is 0. The van der Waals surface area contributed by atoms with Crippen molar-refractivity contribution in [3.63, 3.8) is 0 Å². The Bertz CT molecular complexity index is 417. The molecule has 1 aromatic rings. The fourth-order valence-electron chi connectivity index (χ4n) is 1.01. The summed E-state index contributed by atoms with van der Waals surface area (Å²) in [5.41, 5.74) is 5.89. The zero-order valence-electron chi connectivity index (χ0n) is 8.46. The molecule has 0 saturated heterocycles. The highest BCUT2D eigenvalue weighted by molar-refractivity contribution is 7.80. The Morgan fingerprint density at radius 2 is 1.88 bits per heavy atom. The maximum absolute atomic E-state index is 11.6. The zero-order valence-corrected chi connectivity index (χ0v) is 10.8. The highest BCUT2D eigenvalue weighted by Gasteiger charge is 2.15. The number of amides is 1. The topological polar surface area (TPSA) is 55.1 Å². The van der Waals surface area contributed by atoms with Gasteiger partial charge in [-0.3, -0.25) is 4.79 Å². The molecule has 0 aliphatic carbocycles. The highest BCUT2D eigenvalue weighted by Crippen LogP contribution is 2.22. The summed E-state index contributed by atoms with van der Waals surface area (Å²) in [6, 6.07) is 4.77. The molecule has 0 saturated carbocycles. The van der Waals surface area contributed by atoms with E-state index in [0.717, 1.165) is 0 Å². The van der Waals surface area contributed by atoms with Crippen molar-refractivity contribution in [3.8, 4) is 0 Å². The number of nitrogens with one attached hydrogen (secondary N) is 1. The zero-order chi connectivity index (χ0) is 12.3. The van der Waals surface area contributed by atoms with Crippen molar-refractivity contribution in [3.05, 3.63) is 28.2 Å². The van der Waals surface area contributed by atoms with E-state index in [0.29, 0.717) is 15.7 Å². The number of carbonyl (C=O) groups is 1. The molecule has 6 heteroatoms. The van der Waals surface area contributed by atoms with E-state index >= 15 is 0 Å². The van der Waals surface area contributed by atoms with Crippen LogP contribution in [-0.2, 0) is 4.79 Å². The number of nitrogens with two attached hydrogens (primary N) is 1. The summed E-state index contributed by atoms with van der Waals surface area (Å²) in [6.45, 7) is 1.63. The summed E-state index contributed by atoms with van der Waals surface area (Å²) in [5, 5.41) is 3.53. The maximum atomic E-state index is 11.6. The van der Waals surface area contributed by atoms with Crippen LogP contribution < -0.4 is 11.1 Å². The minimum atomic E-state index is -0.534. The van der Waals surface area contributed by atoms with E-state index in [2.05, 4.69) is 5.32 Å². The van der Waals surface area contributed by atoms with E-state index in [1.165, 1.54) is 0 Å². The van der Waals surface area contributed by atoms with E-state index < -0.39 is 5.92 Å². The van der Waals surface area contributed by atoms with Crippen molar-refractivity contribution in [2.75, 3.05) is 5.32 Å². The molecule has 3 N–H and O–H groups in total. The second kappa shape index (κ2) is 5.48.